The molecule has 0 bridgehead atoms. The fraction of sp³-hybridized carbons (Fsp3) is 0.250. The lowest BCUT2D eigenvalue weighted by molar-refractivity contribution is -0.199. The van der Waals surface area contributed by atoms with Crippen LogP contribution in [0.25, 0.3) is 0 Å². The molecule has 7 heteroatoms. The minimum atomic E-state index is -4.06. The van der Waals surface area contributed by atoms with Gasteiger partial charge in [-0.05, 0) is 24.3 Å². The Bertz CT molecular complexity index is 318. The Balaban J connectivity index is 2.73. The zero-order valence-electron chi connectivity index (χ0n) is 7.38. The van der Waals surface area contributed by atoms with Gasteiger partial charge in [0, 0.05) is 5.69 Å². The second-order valence-corrected chi connectivity index (χ2v) is 3.02. The molecule has 1 atom stereocenters. The quantitative estimate of drug-likeness (QED) is 0.483. The molecule has 3 nitrogen and oxygen atoms in total. The number of alkyl halides is 4. The van der Waals surface area contributed by atoms with Crippen molar-refractivity contribution in [2.75, 3.05) is 5.43 Å². The molecule has 84 valence electrons. The average Bonchev–Trinajstić information content (AvgIpc) is 2.18. The predicted octanol–water partition coefficient (Wildman–Crippen LogP) is 2.48. The van der Waals surface area contributed by atoms with Crippen LogP contribution in [0.5, 0.6) is 5.75 Å². The van der Waals surface area contributed by atoms with Gasteiger partial charge in [-0.25, -0.2) is 4.39 Å². The van der Waals surface area contributed by atoms with E-state index in [4.69, 9.17) is 5.84 Å². The van der Waals surface area contributed by atoms with Crippen LogP contribution in [0.3, 0.4) is 0 Å². The van der Waals surface area contributed by atoms with Crippen molar-refractivity contribution in [2.24, 2.45) is 5.84 Å². The maximum Gasteiger partial charge on any atom is 0.444 e. The summed E-state index contributed by atoms with van der Waals surface area (Å²) in [5.74, 6) is 4.85. The number of hydrazine groups is 1. The molecular weight excluding hydrogens is 233 g/mol. The number of benzene rings is 1. The van der Waals surface area contributed by atoms with E-state index in [0.29, 0.717) is 5.69 Å². The Kier molecular flexibility index (Phi) is 3.65. The number of hydrogen-bond donors (Lipinski definition) is 2. The average molecular weight is 241 g/mol. The summed E-state index contributed by atoms with van der Waals surface area (Å²) in [7, 11) is 0. The first-order valence-corrected chi connectivity index (χ1v) is 4.31. The second-order valence-electron chi connectivity index (χ2n) is 2.63. The highest BCUT2D eigenvalue weighted by Crippen LogP contribution is 2.29. The lowest BCUT2D eigenvalue weighted by Crippen LogP contribution is -2.32. The van der Waals surface area contributed by atoms with Crippen LogP contribution in [0, 0.1) is 0 Å². The summed E-state index contributed by atoms with van der Waals surface area (Å²) in [6.07, 6.45) is -4.06. The molecule has 1 aromatic rings. The Morgan fingerprint density at radius 3 is 2.27 bits per heavy atom. The smallest absolute Gasteiger partial charge is 0.429 e. The van der Waals surface area contributed by atoms with Crippen molar-refractivity contribution in [3.05, 3.63) is 24.3 Å². The third kappa shape index (κ3) is 3.17. The molecule has 0 amide bonds. The van der Waals surface area contributed by atoms with Gasteiger partial charge in [-0.2, -0.15) is 8.78 Å². The fourth-order valence-corrected chi connectivity index (χ4v) is 0.865. The number of nitrogens with one attached hydrogen (secondary N) is 1. The van der Waals surface area contributed by atoms with Crippen LogP contribution in [-0.4, -0.2) is 11.7 Å². The molecule has 0 aliphatic heterocycles. The van der Waals surface area contributed by atoms with Crippen LogP contribution in [0.2, 0.25) is 0 Å². The summed E-state index contributed by atoms with van der Waals surface area (Å²) in [5, 5.41) is 0. The number of nitrogen functional groups attached to an aromatic ring is 1. The maximum absolute atomic E-state index is 12.6. The van der Waals surface area contributed by atoms with Gasteiger partial charge in [-0.3, -0.25) is 5.84 Å². The first-order valence-electron chi connectivity index (χ1n) is 3.87. The van der Waals surface area contributed by atoms with E-state index in [0.717, 1.165) is 0 Å². The zero-order chi connectivity index (χ0) is 11.5. The lowest BCUT2D eigenvalue weighted by atomic mass is 10.3. The molecule has 1 aromatic carbocycles. The number of hydrogen-bond acceptors (Lipinski definition) is 3. The first-order chi connectivity index (χ1) is 6.95. The SMILES string of the molecule is NNc1ccc(OC(F)(F)C(F)Cl)cc1. The highest BCUT2D eigenvalue weighted by atomic mass is 35.5. The van der Waals surface area contributed by atoms with E-state index in [9.17, 15) is 13.2 Å². The molecule has 0 fully saturated rings. The molecule has 0 aromatic heterocycles. The van der Waals surface area contributed by atoms with E-state index >= 15 is 0 Å². The number of ether oxygens (including phenoxy) is 1. The van der Waals surface area contributed by atoms with E-state index in [1.807, 2.05) is 0 Å². The van der Waals surface area contributed by atoms with Crippen molar-refractivity contribution in [3.8, 4) is 5.75 Å². The fourth-order valence-electron chi connectivity index (χ4n) is 0.821. The maximum atomic E-state index is 12.6. The monoisotopic (exact) mass is 240 g/mol. The van der Waals surface area contributed by atoms with Crippen LogP contribution in [0.15, 0.2) is 24.3 Å². The Morgan fingerprint density at radius 2 is 1.87 bits per heavy atom. The molecule has 0 spiro atoms. The topological polar surface area (TPSA) is 47.3 Å². The van der Waals surface area contributed by atoms with Crippen LogP contribution >= 0.6 is 11.6 Å². The van der Waals surface area contributed by atoms with Crippen LogP contribution in [0.4, 0.5) is 18.9 Å². The Labute approximate surface area is 88.9 Å². The van der Waals surface area contributed by atoms with Crippen LogP contribution in [-0.2, 0) is 0 Å². The highest BCUT2D eigenvalue weighted by molar-refractivity contribution is 6.20. The van der Waals surface area contributed by atoms with Gasteiger partial charge in [-0.15, -0.1) is 0 Å². The second kappa shape index (κ2) is 4.59. The molecular formula is C8H8ClF3N2O. The van der Waals surface area contributed by atoms with E-state index in [1.165, 1.54) is 24.3 Å². The minimum Gasteiger partial charge on any atom is -0.429 e. The van der Waals surface area contributed by atoms with E-state index in [2.05, 4.69) is 21.8 Å². The summed E-state index contributed by atoms with van der Waals surface area (Å²) in [4.78, 5) is 0. The number of anilines is 1. The minimum absolute atomic E-state index is 0.206. The molecule has 1 rings (SSSR count). The standard InChI is InChI=1S/C8H8ClF3N2O/c9-7(10)8(11,12)15-6-3-1-5(14-13)2-4-6/h1-4,7,14H,13H2. The van der Waals surface area contributed by atoms with E-state index < -0.39 is 11.7 Å². The lowest BCUT2D eigenvalue weighted by Gasteiger charge is -2.17. The van der Waals surface area contributed by atoms with Gasteiger partial charge in [-0.1, -0.05) is 11.6 Å². The van der Waals surface area contributed by atoms with Crippen LogP contribution < -0.4 is 16.0 Å². The van der Waals surface area contributed by atoms with Gasteiger partial charge >= 0.3 is 6.11 Å². The largest absolute Gasteiger partial charge is 0.444 e. The number of rotatable bonds is 4. The van der Waals surface area contributed by atoms with Gasteiger partial charge in [0.05, 0.1) is 0 Å². The predicted molar refractivity (Wildman–Crippen MR) is 50.6 cm³/mol. The van der Waals surface area contributed by atoms with Gasteiger partial charge < -0.3 is 10.2 Å². The highest BCUT2D eigenvalue weighted by Gasteiger charge is 2.42. The van der Waals surface area contributed by atoms with E-state index in [1.54, 1.807) is 0 Å². The molecule has 3 N–H and O–H groups in total. The van der Waals surface area contributed by atoms with Crippen molar-refractivity contribution in [1.82, 2.24) is 0 Å². The molecule has 0 saturated heterocycles. The number of halogens is 4. The molecule has 0 saturated carbocycles. The molecule has 0 radical (unpaired) electrons. The molecule has 0 heterocycles. The van der Waals surface area contributed by atoms with E-state index in [-0.39, 0.29) is 5.75 Å². The Morgan fingerprint density at radius 1 is 1.33 bits per heavy atom. The molecule has 15 heavy (non-hydrogen) atoms. The summed E-state index contributed by atoms with van der Waals surface area (Å²) in [5.41, 5.74) is -0.0940. The van der Waals surface area contributed by atoms with Crippen molar-refractivity contribution >= 4 is 17.3 Å². The van der Waals surface area contributed by atoms with Gasteiger partial charge in [0.1, 0.15) is 5.75 Å². The first kappa shape index (κ1) is 11.9. The van der Waals surface area contributed by atoms with Gasteiger partial charge in [0.25, 0.3) is 5.63 Å². The number of nitrogens with two attached hydrogens (primary N) is 1. The summed E-state index contributed by atoms with van der Waals surface area (Å²) < 4.78 is 41.5. The van der Waals surface area contributed by atoms with Crippen molar-refractivity contribution in [2.45, 2.75) is 11.7 Å². The normalized spacial score (nSPS) is 13.4. The summed E-state index contributed by atoms with van der Waals surface area (Å²) in [6.45, 7) is 0. The van der Waals surface area contributed by atoms with Crippen LogP contribution in [0.1, 0.15) is 0 Å². The third-order valence-corrected chi connectivity index (χ3v) is 1.78. The summed E-state index contributed by atoms with van der Waals surface area (Å²) in [6, 6.07) is 5.21. The van der Waals surface area contributed by atoms with Crippen molar-refractivity contribution in [3.63, 3.8) is 0 Å². The zero-order valence-corrected chi connectivity index (χ0v) is 8.14. The Hall–Kier alpha value is -1.14. The third-order valence-electron chi connectivity index (χ3n) is 1.53. The molecule has 0 aliphatic carbocycles. The molecule has 1 unspecified atom stereocenters. The molecule has 0 aliphatic rings. The van der Waals surface area contributed by atoms with Gasteiger partial charge in [0.2, 0.25) is 0 Å². The van der Waals surface area contributed by atoms with Crippen molar-refractivity contribution < 1.29 is 17.9 Å². The van der Waals surface area contributed by atoms with Gasteiger partial charge in [0.15, 0.2) is 0 Å². The van der Waals surface area contributed by atoms with Crippen molar-refractivity contribution in [1.29, 1.82) is 0 Å². The summed E-state index contributed by atoms with van der Waals surface area (Å²) >= 11 is 4.60.